The normalized spacial score (nSPS) is 10.6. The first-order valence-electron chi connectivity index (χ1n) is 8.41. The minimum absolute atomic E-state index is 0. The standard InChI is InChI=1S/C20H24N4.ClH/c21-12-14-24(13-11-17-7-3-1-4-8-17)16-19-15-20(23-22-19)18-9-5-2-6-10-18;/h1-10,15H,11-14,16,21H2,(H,22,23);1H. The Morgan fingerprint density at radius 2 is 1.60 bits per heavy atom. The molecule has 132 valence electrons. The van der Waals surface area contributed by atoms with Crippen LogP contribution in [-0.2, 0) is 13.0 Å². The van der Waals surface area contributed by atoms with Crippen LogP contribution in [0.4, 0.5) is 0 Å². The van der Waals surface area contributed by atoms with Gasteiger partial charge in [0.2, 0.25) is 0 Å². The first kappa shape index (κ1) is 19.2. The molecule has 0 aliphatic rings. The van der Waals surface area contributed by atoms with Crippen molar-refractivity contribution in [2.45, 2.75) is 13.0 Å². The van der Waals surface area contributed by atoms with Crippen LogP contribution in [0.25, 0.3) is 11.3 Å². The number of nitrogens with one attached hydrogen (secondary N) is 1. The Labute approximate surface area is 155 Å². The van der Waals surface area contributed by atoms with Crippen LogP contribution in [-0.4, -0.2) is 34.7 Å². The first-order valence-corrected chi connectivity index (χ1v) is 8.41. The minimum Gasteiger partial charge on any atom is -0.329 e. The lowest BCUT2D eigenvalue weighted by Crippen LogP contribution is -2.31. The molecule has 1 aromatic heterocycles. The molecule has 0 atom stereocenters. The van der Waals surface area contributed by atoms with Crippen molar-refractivity contribution in [3.8, 4) is 11.3 Å². The van der Waals surface area contributed by atoms with Crippen LogP contribution in [0.5, 0.6) is 0 Å². The van der Waals surface area contributed by atoms with Crippen molar-refractivity contribution < 1.29 is 0 Å². The van der Waals surface area contributed by atoms with Crippen molar-refractivity contribution in [1.29, 1.82) is 0 Å². The summed E-state index contributed by atoms with van der Waals surface area (Å²) in [6.07, 6.45) is 1.03. The number of H-pyrrole nitrogens is 1. The molecule has 0 spiro atoms. The van der Waals surface area contributed by atoms with Gasteiger partial charge in [0.1, 0.15) is 0 Å². The number of hydrogen-bond donors (Lipinski definition) is 2. The summed E-state index contributed by atoms with van der Waals surface area (Å²) < 4.78 is 0. The summed E-state index contributed by atoms with van der Waals surface area (Å²) in [6, 6.07) is 22.9. The van der Waals surface area contributed by atoms with Crippen LogP contribution in [0.1, 0.15) is 11.3 Å². The Balaban J connectivity index is 0.00000225. The van der Waals surface area contributed by atoms with E-state index in [4.69, 9.17) is 5.73 Å². The molecule has 1 heterocycles. The number of nitrogens with zero attached hydrogens (tertiary/aromatic N) is 2. The van der Waals surface area contributed by atoms with Gasteiger partial charge in [-0.2, -0.15) is 5.10 Å². The van der Waals surface area contributed by atoms with E-state index in [1.54, 1.807) is 0 Å². The topological polar surface area (TPSA) is 57.9 Å². The van der Waals surface area contributed by atoms with E-state index in [1.165, 1.54) is 5.56 Å². The number of halogens is 1. The lowest BCUT2D eigenvalue weighted by atomic mass is 10.1. The van der Waals surface area contributed by atoms with Gasteiger partial charge in [-0.15, -0.1) is 12.4 Å². The molecule has 0 saturated carbocycles. The minimum atomic E-state index is 0. The quantitative estimate of drug-likeness (QED) is 0.649. The second-order valence-corrected chi connectivity index (χ2v) is 5.94. The zero-order valence-corrected chi connectivity index (χ0v) is 15.1. The van der Waals surface area contributed by atoms with Crippen molar-refractivity contribution in [3.05, 3.63) is 78.0 Å². The number of aromatic nitrogens is 2. The van der Waals surface area contributed by atoms with E-state index in [2.05, 4.69) is 63.6 Å². The van der Waals surface area contributed by atoms with Crippen molar-refractivity contribution >= 4 is 12.4 Å². The van der Waals surface area contributed by atoms with Crippen molar-refractivity contribution in [3.63, 3.8) is 0 Å². The smallest absolute Gasteiger partial charge is 0.0924 e. The Morgan fingerprint density at radius 3 is 2.28 bits per heavy atom. The van der Waals surface area contributed by atoms with Crippen LogP contribution in [0, 0.1) is 0 Å². The second-order valence-electron chi connectivity index (χ2n) is 5.94. The summed E-state index contributed by atoms with van der Waals surface area (Å²) in [5.41, 5.74) is 10.4. The predicted octanol–water partition coefficient (Wildman–Crippen LogP) is 3.50. The van der Waals surface area contributed by atoms with Crippen LogP contribution in [0.15, 0.2) is 66.7 Å². The Kier molecular flexibility index (Phi) is 7.67. The van der Waals surface area contributed by atoms with Gasteiger partial charge < -0.3 is 5.73 Å². The fourth-order valence-corrected chi connectivity index (χ4v) is 2.82. The van der Waals surface area contributed by atoms with E-state index in [1.807, 2.05) is 18.2 Å². The predicted molar refractivity (Wildman–Crippen MR) is 106 cm³/mol. The summed E-state index contributed by atoms with van der Waals surface area (Å²) in [6.45, 7) is 3.37. The number of hydrogen-bond acceptors (Lipinski definition) is 3. The first-order chi connectivity index (χ1) is 11.8. The van der Waals surface area contributed by atoms with Crippen molar-refractivity contribution in [2.24, 2.45) is 5.73 Å². The van der Waals surface area contributed by atoms with Crippen LogP contribution in [0.3, 0.4) is 0 Å². The van der Waals surface area contributed by atoms with E-state index in [9.17, 15) is 0 Å². The third-order valence-corrected chi connectivity index (χ3v) is 4.10. The molecule has 2 aromatic carbocycles. The van der Waals surface area contributed by atoms with Crippen molar-refractivity contribution in [2.75, 3.05) is 19.6 Å². The Morgan fingerprint density at radius 1 is 0.920 bits per heavy atom. The monoisotopic (exact) mass is 356 g/mol. The molecule has 0 unspecified atom stereocenters. The van der Waals surface area contributed by atoms with Crippen LogP contribution < -0.4 is 5.73 Å². The molecule has 3 N–H and O–H groups in total. The van der Waals surface area contributed by atoms with Gasteiger partial charge in [-0.3, -0.25) is 10.00 Å². The van der Waals surface area contributed by atoms with Gasteiger partial charge in [0.15, 0.2) is 0 Å². The molecule has 0 amide bonds. The summed E-state index contributed by atoms with van der Waals surface area (Å²) in [4.78, 5) is 2.37. The molecule has 0 aliphatic carbocycles. The molecule has 0 fully saturated rings. The SMILES string of the molecule is Cl.NCCN(CCc1ccccc1)Cc1cc(-c2ccccc2)n[nH]1. The summed E-state index contributed by atoms with van der Waals surface area (Å²) in [7, 11) is 0. The molecule has 0 radical (unpaired) electrons. The third-order valence-electron chi connectivity index (χ3n) is 4.10. The molecule has 0 saturated heterocycles. The van der Waals surface area contributed by atoms with Crippen LogP contribution in [0.2, 0.25) is 0 Å². The second kappa shape index (κ2) is 9.99. The lowest BCUT2D eigenvalue weighted by molar-refractivity contribution is 0.273. The van der Waals surface area contributed by atoms with Gasteiger partial charge in [-0.05, 0) is 18.1 Å². The molecule has 0 bridgehead atoms. The fraction of sp³-hybridized carbons (Fsp3) is 0.250. The maximum Gasteiger partial charge on any atom is 0.0924 e. The molecule has 0 aliphatic heterocycles. The number of aromatic amines is 1. The van der Waals surface area contributed by atoms with Gasteiger partial charge in [-0.25, -0.2) is 0 Å². The van der Waals surface area contributed by atoms with Crippen molar-refractivity contribution in [1.82, 2.24) is 15.1 Å². The Bertz CT molecular complexity index is 728. The summed E-state index contributed by atoms with van der Waals surface area (Å²) >= 11 is 0. The van der Waals surface area contributed by atoms with Gasteiger partial charge >= 0.3 is 0 Å². The van der Waals surface area contributed by atoms with Gasteiger partial charge in [-0.1, -0.05) is 60.7 Å². The average molecular weight is 357 g/mol. The molecular formula is C20H25ClN4. The highest BCUT2D eigenvalue weighted by Gasteiger charge is 2.09. The van der Waals surface area contributed by atoms with E-state index in [-0.39, 0.29) is 12.4 Å². The average Bonchev–Trinajstić information content (AvgIpc) is 3.10. The zero-order chi connectivity index (χ0) is 16.6. The fourth-order valence-electron chi connectivity index (χ4n) is 2.82. The number of nitrogens with two attached hydrogens (primary N) is 1. The molecule has 4 nitrogen and oxygen atoms in total. The van der Waals surface area contributed by atoms with Gasteiger partial charge in [0.25, 0.3) is 0 Å². The molecule has 3 rings (SSSR count). The van der Waals surface area contributed by atoms with E-state index in [0.29, 0.717) is 6.54 Å². The van der Waals surface area contributed by atoms with Gasteiger partial charge in [0.05, 0.1) is 5.69 Å². The maximum absolute atomic E-state index is 5.78. The molecule has 5 heteroatoms. The summed E-state index contributed by atoms with van der Waals surface area (Å²) in [5.74, 6) is 0. The Hall–Kier alpha value is -2.14. The van der Waals surface area contributed by atoms with E-state index >= 15 is 0 Å². The summed E-state index contributed by atoms with van der Waals surface area (Å²) in [5, 5.41) is 7.59. The molecule has 25 heavy (non-hydrogen) atoms. The highest BCUT2D eigenvalue weighted by atomic mass is 35.5. The molecular weight excluding hydrogens is 332 g/mol. The van der Waals surface area contributed by atoms with Gasteiger partial charge in [0, 0.05) is 37.4 Å². The molecule has 3 aromatic rings. The number of rotatable bonds is 8. The maximum atomic E-state index is 5.78. The zero-order valence-electron chi connectivity index (χ0n) is 14.3. The van der Waals surface area contributed by atoms with E-state index in [0.717, 1.165) is 43.0 Å². The van der Waals surface area contributed by atoms with Crippen LogP contribution >= 0.6 is 12.4 Å². The number of benzene rings is 2. The van der Waals surface area contributed by atoms with E-state index < -0.39 is 0 Å². The highest BCUT2D eigenvalue weighted by molar-refractivity contribution is 5.85. The largest absolute Gasteiger partial charge is 0.329 e. The third kappa shape index (κ3) is 5.71. The lowest BCUT2D eigenvalue weighted by Gasteiger charge is -2.20. The highest BCUT2D eigenvalue weighted by Crippen LogP contribution is 2.17.